The van der Waals surface area contributed by atoms with Crippen molar-refractivity contribution in [2.45, 2.75) is 26.8 Å². The number of carbonyl (C=O) groups is 1. The lowest BCUT2D eigenvalue weighted by molar-refractivity contribution is -0.138. The SMILES string of the molecule is CCOC(=O)C1=C(c2ccccc2)N=c2sc(=Cc3ccc(-c4cccc(Cl)c4Cl)o3)c(=O)n2[C@@H]1c1ccc(OCC)c(OCC)c1. The van der Waals surface area contributed by atoms with Crippen molar-refractivity contribution in [3.05, 3.63) is 131 Å². The molecule has 3 heterocycles. The molecule has 0 unspecified atom stereocenters. The highest BCUT2D eigenvalue weighted by Gasteiger charge is 2.35. The van der Waals surface area contributed by atoms with Crippen LogP contribution in [-0.4, -0.2) is 30.4 Å². The van der Waals surface area contributed by atoms with E-state index in [0.29, 0.717) is 78.0 Å². The number of ether oxygens (including phenoxy) is 3. The summed E-state index contributed by atoms with van der Waals surface area (Å²) in [6, 6.07) is 22.7. The first-order valence-corrected chi connectivity index (χ1v) is 16.6. The van der Waals surface area contributed by atoms with E-state index in [4.69, 9.17) is 46.8 Å². The molecular formula is C36H30Cl2N2O6S. The number of halogens is 2. The van der Waals surface area contributed by atoms with Crippen LogP contribution in [0.4, 0.5) is 0 Å². The first-order chi connectivity index (χ1) is 22.8. The Bertz CT molecular complexity index is 2170. The van der Waals surface area contributed by atoms with E-state index >= 15 is 0 Å². The van der Waals surface area contributed by atoms with Crippen molar-refractivity contribution >= 4 is 52.3 Å². The van der Waals surface area contributed by atoms with Crippen molar-refractivity contribution in [3.8, 4) is 22.8 Å². The highest BCUT2D eigenvalue weighted by molar-refractivity contribution is 7.07. The first-order valence-electron chi connectivity index (χ1n) is 15.1. The number of esters is 1. The fraction of sp³-hybridized carbons (Fsp3) is 0.194. The second-order valence-electron chi connectivity index (χ2n) is 10.3. The van der Waals surface area contributed by atoms with Gasteiger partial charge in [0.05, 0.1) is 51.7 Å². The third-order valence-electron chi connectivity index (χ3n) is 7.37. The molecule has 0 N–H and O–H groups in total. The minimum atomic E-state index is -0.880. The summed E-state index contributed by atoms with van der Waals surface area (Å²) in [6.07, 6.45) is 1.66. The molecule has 240 valence electrons. The highest BCUT2D eigenvalue weighted by atomic mass is 35.5. The summed E-state index contributed by atoms with van der Waals surface area (Å²) in [4.78, 5) is 33.4. The van der Waals surface area contributed by atoms with E-state index in [-0.39, 0.29) is 17.7 Å². The van der Waals surface area contributed by atoms with Crippen LogP contribution in [0.5, 0.6) is 11.5 Å². The molecule has 0 spiro atoms. The van der Waals surface area contributed by atoms with Gasteiger partial charge in [-0.25, -0.2) is 9.79 Å². The lowest BCUT2D eigenvalue weighted by atomic mass is 9.93. The average molecular weight is 690 g/mol. The summed E-state index contributed by atoms with van der Waals surface area (Å²) in [7, 11) is 0. The Morgan fingerprint density at radius 2 is 1.70 bits per heavy atom. The largest absolute Gasteiger partial charge is 0.490 e. The van der Waals surface area contributed by atoms with Crippen molar-refractivity contribution in [2.24, 2.45) is 4.99 Å². The molecule has 1 aliphatic heterocycles. The van der Waals surface area contributed by atoms with E-state index < -0.39 is 12.0 Å². The molecule has 8 nitrogen and oxygen atoms in total. The van der Waals surface area contributed by atoms with Gasteiger partial charge in [0.15, 0.2) is 16.3 Å². The number of carbonyl (C=O) groups excluding carboxylic acids is 1. The minimum Gasteiger partial charge on any atom is -0.490 e. The van der Waals surface area contributed by atoms with Crippen LogP contribution in [0.2, 0.25) is 10.0 Å². The summed E-state index contributed by atoms with van der Waals surface area (Å²) >= 11 is 13.8. The predicted molar refractivity (Wildman–Crippen MR) is 184 cm³/mol. The topological polar surface area (TPSA) is 92.3 Å². The maximum Gasteiger partial charge on any atom is 0.338 e. The Balaban J connectivity index is 1.58. The predicted octanol–water partition coefficient (Wildman–Crippen LogP) is 7.30. The molecule has 0 saturated carbocycles. The Labute approximate surface area is 284 Å². The quantitative estimate of drug-likeness (QED) is 0.143. The van der Waals surface area contributed by atoms with Gasteiger partial charge in [-0.3, -0.25) is 9.36 Å². The van der Waals surface area contributed by atoms with Gasteiger partial charge in [-0.15, -0.1) is 0 Å². The zero-order valence-electron chi connectivity index (χ0n) is 25.8. The smallest absolute Gasteiger partial charge is 0.338 e. The minimum absolute atomic E-state index is 0.145. The van der Waals surface area contributed by atoms with Crippen LogP contribution < -0.4 is 24.4 Å². The summed E-state index contributed by atoms with van der Waals surface area (Å²) < 4.78 is 25.3. The molecular weight excluding hydrogens is 659 g/mol. The van der Waals surface area contributed by atoms with Crippen molar-refractivity contribution in [2.75, 3.05) is 19.8 Å². The second kappa shape index (κ2) is 14.0. The molecule has 3 aromatic carbocycles. The Hall–Kier alpha value is -4.57. The van der Waals surface area contributed by atoms with Gasteiger partial charge >= 0.3 is 5.97 Å². The van der Waals surface area contributed by atoms with E-state index in [0.717, 1.165) is 0 Å². The number of rotatable bonds is 10. The Kier molecular flexibility index (Phi) is 9.68. The summed E-state index contributed by atoms with van der Waals surface area (Å²) in [5, 5.41) is 0.778. The van der Waals surface area contributed by atoms with E-state index in [1.165, 1.54) is 15.9 Å². The fourth-order valence-electron chi connectivity index (χ4n) is 5.39. The molecule has 0 aliphatic carbocycles. The van der Waals surface area contributed by atoms with Gasteiger partial charge in [0.2, 0.25) is 0 Å². The lowest BCUT2D eigenvalue weighted by Crippen LogP contribution is -2.40. The molecule has 0 saturated heterocycles. The van der Waals surface area contributed by atoms with Crippen molar-refractivity contribution < 1.29 is 23.4 Å². The number of hydrogen-bond donors (Lipinski definition) is 0. The number of hydrogen-bond acceptors (Lipinski definition) is 8. The number of furan rings is 1. The molecule has 11 heteroatoms. The van der Waals surface area contributed by atoms with E-state index in [2.05, 4.69) is 0 Å². The first kappa shape index (κ1) is 32.4. The summed E-state index contributed by atoms with van der Waals surface area (Å²) in [5.74, 6) is 1.42. The zero-order valence-corrected chi connectivity index (χ0v) is 28.1. The molecule has 6 rings (SSSR count). The zero-order chi connectivity index (χ0) is 33.1. The number of benzene rings is 3. The molecule has 0 fully saturated rings. The molecule has 1 atom stereocenters. The van der Waals surface area contributed by atoms with Crippen LogP contribution in [0.15, 0.2) is 98.6 Å². The van der Waals surface area contributed by atoms with Gasteiger partial charge < -0.3 is 18.6 Å². The van der Waals surface area contributed by atoms with Gasteiger partial charge in [-0.1, -0.05) is 77.0 Å². The normalized spacial score (nSPS) is 14.5. The molecule has 2 aromatic heterocycles. The van der Waals surface area contributed by atoms with Crippen LogP contribution in [0, 0.1) is 0 Å². The number of nitrogens with zero attached hydrogens (tertiary/aromatic N) is 2. The third kappa shape index (κ3) is 6.39. The number of aromatic nitrogens is 1. The van der Waals surface area contributed by atoms with Crippen LogP contribution >= 0.6 is 34.5 Å². The monoisotopic (exact) mass is 688 g/mol. The van der Waals surface area contributed by atoms with Gasteiger partial charge in [-0.2, -0.15) is 0 Å². The Morgan fingerprint density at radius 1 is 0.936 bits per heavy atom. The second-order valence-corrected chi connectivity index (χ2v) is 12.1. The molecule has 0 bridgehead atoms. The van der Waals surface area contributed by atoms with Crippen LogP contribution in [0.1, 0.15) is 43.7 Å². The fourth-order valence-corrected chi connectivity index (χ4v) is 6.77. The Morgan fingerprint density at radius 3 is 2.45 bits per heavy atom. The van der Waals surface area contributed by atoms with E-state index in [1.807, 2.05) is 50.2 Å². The van der Waals surface area contributed by atoms with Crippen LogP contribution in [0.3, 0.4) is 0 Å². The van der Waals surface area contributed by atoms with Crippen LogP contribution in [-0.2, 0) is 9.53 Å². The molecule has 1 aliphatic rings. The number of thiazole rings is 1. The summed E-state index contributed by atoms with van der Waals surface area (Å²) in [5.41, 5.74) is 2.28. The van der Waals surface area contributed by atoms with E-state index in [1.54, 1.807) is 55.5 Å². The van der Waals surface area contributed by atoms with Crippen molar-refractivity contribution in [1.82, 2.24) is 4.57 Å². The number of fused-ring (bicyclic) bond motifs is 1. The molecule has 0 radical (unpaired) electrons. The molecule has 47 heavy (non-hydrogen) atoms. The van der Waals surface area contributed by atoms with E-state index in [9.17, 15) is 9.59 Å². The van der Waals surface area contributed by atoms with Crippen molar-refractivity contribution in [1.29, 1.82) is 0 Å². The van der Waals surface area contributed by atoms with Crippen LogP contribution in [0.25, 0.3) is 23.1 Å². The lowest BCUT2D eigenvalue weighted by Gasteiger charge is -2.26. The van der Waals surface area contributed by atoms with Gasteiger partial charge in [-0.05, 0) is 62.7 Å². The van der Waals surface area contributed by atoms with Gasteiger partial charge in [0.25, 0.3) is 5.56 Å². The van der Waals surface area contributed by atoms with Crippen molar-refractivity contribution in [3.63, 3.8) is 0 Å². The van der Waals surface area contributed by atoms with Gasteiger partial charge in [0, 0.05) is 17.2 Å². The standard InChI is InChI=1S/C36H30Cl2N2O6S/c1-4-43-27-17-15-22(19-28(27)44-5-2)33-30(35(42)45-6-3)32(21-11-8-7-9-12-21)39-36-40(33)34(41)29(47-36)20-23-16-18-26(46-23)24-13-10-14-25(37)31(24)38/h7-20,33H,4-6H2,1-3H3/t33-/m1/s1. The maximum absolute atomic E-state index is 14.3. The summed E-state index contributed by atoms with van der Waals surface area (Å²) in [6.45, 7) is 6.49. The molecule has 5 aromatic rings. The maximum atomic E-state index is 14.3. The average Bonchev–Trinajstić information content (AvgIpc) is 3.67. The molecule has 0 amide bonds. The third-order valence-corrected chi connectivity index (χ3v) is 9.18. The highest BCUT2D eigenvalue weighted by Crippen LogP contribution is 2.39. The van der Waals surface area contributed by atoms with Gasteiger partial charge in [0.1, 0.15) is 11.5 Å².